The minimum atomic E-state index is -0.660. The first-order valence-corrected chi connectivity index (χ1v) is 9.54. The Bertz CT molecular complexity index is 985. The molecule has 0 unspecified atom stereocenters. The van der Waals surface area contributed by atoms with Crippen molar-refractivity contribution in [1.82, 2.24) is 0 Å². The van der Waals surface area contributed by atoms with Crippen LogP contribution in [0.1, 0.15) is 44.4 Å². The topological polar surface area (TPSA) is 105 Å². The van der Waals surface area contributed by atoms with Crippen molar-refractivity contribution in [3.8, 4) is 23.0 Å². The number of aryl methyl sites for hydroxylation is 3. The van der Waals surface area contributed by atoms with Gasteiger partial charge in [-0.3, -0.25) is 19.2 Å². The Hall–Kier alpha value is -3.68. The second-order valence-corrected chi connectivity index (χ2v) is 6.95. The first kappa shape index (κ1) is 23.6. The smallest absolute Gasteiger partial charge is 0.308 e. The molecule has 0 bridgehead atoms. The number of carbonyl (C=O) groups excluding carboxylic acids is 4. The van der Waals surface area contributed by atoms with E-state index in [1.54, 1.807) is 24.3 Å². The lowest BCUT2D eigenvalue weighted by Crippen LogP contribution is -2.11. The number of hydrogen-bond acceptors (Lipinski definition) is 8. The zero-order chi connectivity index (χ0) is 23.1. The summed E-state index contributed by atoms with van der Waals surface area (Å²) in [5.41, 5.74) is 2.53. The summed E-state index contributed by atoms with van der Waals surface area (Å²) in [7, 11) is 0. The Morgan fingerprint density at radius 3 is 1.52 bits per heavy atom. The molecule has 0 aliphatic rings. The van der Waals surface area contributed by atoms with Crippen molar-refractivity contribution in [1.29, 1.82) is 0 Å². The van der Waals surface area contributed by atoms with E-state index in [2.05, 4.69) is 0 Å². The highest BCUT2D eigenvalue weighted by atomic mass is 16.6. The third kappa shape index (κ3) is 7.58. The average molecular weight is 428 g/mol. The molecule has 8 heteroatoms. The summed E-state index contributed by atoms with van der Waals surface area (Å²) in [5.74, 6) is -2.05. The molecule has 0 heterocycles. The summed E-state index contributed by atoms with van der Waals surface area (Å²) in [6, 6.07) is 8.59. The first-order chi connectivity index (χ1) is 14.5. The van der Waals surface area contributed by atoms with Crippen LogP contribution in [0.4, 0.5) is 0 Å². The molecular weight excluding hydrogens is 404 g/mol. The predicted molar refractivity (Wildman–Crippen MR) is 110 cm³/mol. The number of hydrogen-bond donors (Lipinski definition) is 0. The lowest BCUT2D eigenvalue weighted by Gasteiger charge is -2.15. The third-order valence-corrected chi connectivity index (χ3v) is 3.91. The molecule has 0 atom stereocenters. The molecule has 0 aromatic heterocycles. The molecule has 0 radical (unpaired) electrons. The summed E-state index contributed by atoms with van der Waals surface area (Å²) < 4.78 is 20.6. The van der Waals surface area contributed by atoms with Crippen molar-refractivity contribution in [2.45, 2.75) is 47.5 Å². The van der Waals surface area contributed by atoms with Gasteiger partial charge in [-0.1, -0.05) is 6.07 Å². The highest BCUT2D eigenvalue weighted by Gasteiger charge is 2.20. The zero-order valence-corrected chi connectivity index (χ0v) is 18.1. The highest BCUT2D eigenvalue weighted by Crippen LogP contribution is 2.40. The number of benzene rings is 2. The van der Waals surface area contributed by atoms with Crippen molar-refractivity contribution in [2.75, 3.05) is 0 Å². The number of rotatable bonds is 7. The molecule has 0 amide bonds. The van der Waals surface area contributed by atoms with Crippen molar-refractivity contribution in [3.05, 3.63) is 47.0 Å². The predicted octanol–water partition coefficient (Wildman–Crippen LogP) is 3.48. The molecule has 2 aromatic rings. The fourth-order valence-corrected chi connectivity index (χ4v) is 2.96. The van der Waals surface area contributed by atoms with Crippen LogP contribution in [0.15, 0.2) is 30.3 Å². The van der Waals surface area contributed by atoms with Crippen LogP contribution in [0.3, 0.4) is 0 Å². The molecule has 0 saturated carbocycles. The standard InChI is InChI=1S/C23H24O8/c1-13-8-18(10-20(9-13)28-14(2)24)6-7-19-11-21(29-15(3)25)23(31-17(5)27)22(12-19)30-16(4)26/h8-12H,6-7H2,1-5H3. The van der Waals surface area contributed by atoms with E-state index in [0.29, 0.717) is 24.2 Å². The monoisotopic (exact) mass is 428 g/mol. The van der Waals surface area contributed by atoms with Gasteiger partial charge < -0.3 is 18.9 Å². The van der Waals surface area contributed by atoms with Gasteiger partial charge >= 0.3 is 23.9 Å². The van der Waals surface area contributed by atoms with Crippen molar-refractivity contribution in [3.63, 3.8) is 0 Å². The van der Waals surface area contributed by atoms with Crippen LogP contribution >= 0.6 is 0 Å². The second-order valence-electron chi connectivity index (χ2n) is 6.95. The second kappa shape index (κ2) is 10.4. The molecule has 2 rings (SSSR count). The fraction of sp³-hybridized carbons (Fsp3) is 0.304. The molecular formula is C23H24O8. The normalized spacial score (nSPS) is 10.2. The minimum absolute atomic E-state index is 0.0266. The molecule has 0 spiro atoms. The van der Waals surface area contributed by atoms with Gasteiger partial charge in [-0.25, -0.2) is 0 Å². The lowest BCUT2D eigenvalue weighted by molar-refractivity contribution is -0.135. The van der Waals surface area contributed by atoms with Gasteiger partial charge in [0.2, 0.25) is 5.75 Å². The number of esters is 4. The summed E-state index contributed by atoms with van der Waals surface area (Å²) in [6.07, 6.45) is 1.04. The van der Waals surface area contributed by atoms with Gasteiger partial charge in [0.25, 0.3) is 0 Å². The number of ether oxygens (including phenoxy) is 4. The van der Waals surface area contributed by atoms with Crippen molar-refractivity contribution >= 4 is 23.9 Å². The minimum Gasteiger partial charge on any atom is -0.427 e. The molecule has 0 saturated heterocycles. The maximum Gasteiger partial charge on any atom is 0.308 e. The molecule has 2 aromatic carbocycles. The molecule has 0 aliphatic carbocycles. The molecule has 164 valence electrons. The zero-order valence-electron chi connectivity index (χ0n) is 18.1. The van der Waals surface area contributed by atoms with E-state index in [1.165, 1.54) is 27.7 Å². The quantitative estimate of drug-likeness (QED) is 0.488. The van der Waals surface area contributed by atoms with Crippen LogP contribution in [0.5, 0.6) is 23.0 Å². The fourth-order valence-electron chi connectivity index (χ4n) is 2.96. The van der Waals surface area contributed by atoms with E-state index < -0.39 is 23.9 Å². The average Bonchev–Trinajstić information content (AvgIpc) is 2.60. The van der Waals surface area contributed by atoms with E-state index in [1.807, 2.05) is 13.0 Å². The van der Waals surface area contributed by atoms with Crippen molar-refractivity contribution < 1.29 is 38.1 Å². The third-order valence-electron chi connectivity index (χ3n) is 3.91. The Morgan fingerprint density at radius 2 is 1.06 bits per heavy atom. The van der Waals surface area contributed by atoms with E-state index in [9.17, 15) is 19.2 Å². The lowest BCUT2D eigenvalue weighted by atomic mass is 10.0. The molecule has 0 N–H and O–H groups in total. The summed E-state index contributed by atoms with van der Waals surface area (Å²) in [6.45, 7) is 6.82. The highest BCUT2D eigenvalue weighted by molar-refractivity contribution is 5.78. The Balaban J connectivity index is 2.38. The van der Waals surface area contributed by atoms with Crippen LogP contribution < -0.4 is 18.9 Å². The molecule has 31 heavy (non-hydrogen) atoms. The van der Waals surface area contributed by atoms with Crippen LogP contribution in [-0.4, -0.2) is 23.9 Å². The van der Waals surface area contributed by atoms with E-state index >= 15 is 0 Å². The number of carbonyl (C=O) groups is 4. The van der Waals surface area contributed by atoms with Gasteiger partial charge in [0.05, 0.1) is 0 Å². The summed E-state index contributed by atoms with van der Waals surface area (Å²) in [5, 5.41) is 0. The van der Waals surface area contributed by atoms with Gasteiger partial charge in [-0.2, -0.15) is 0 Å². The Morgan fingerprint density at radius 1 is 0.613 bits per heavy atom. The maximum absolute atomic E-state index is 11.5. The van der Waals surface area contributed by atoms with E-state index in [4.69, 9.17) is 18.9 Å². The van der Waals surface area contributed by atoms with Crippen LogP contribution in [-0.2, 0) is 32.0 Å². The van der Waals surface area contributed by atoms with E-state index in [-0.39, 0.29) is 17.2 Å². The van der Waals surface area contributed by atoms with E-state index in [0.717, 1.165) is 11.1 Å². The summed E-state index contributed by atoms with van der Waals surface area (Å²) in [4.78, 5) is 45.8. The van der Waals surface area contributed by atoms with Crippen molar-refractivity contribution in [2.24, 2.45) is 0 Å². The van der Waals surface area contributed by atoms with Crippen LogP contribution in [0.25, 0.3) is 0 Å². The van der Waals surface area contributed by atoms with Gasteiger partial charge in [0.1, 0.15) is 5.75 Å². The SMILES string of the molecule is CC(=O)Oc1cc(C)cc(CCc2cc(OC(C)=O)c(OC(C)=O)c(OC(C)=O)c2)c1. The molecule has 0 aliphatic heterocycles. The van der Waals surface area contributed by atoms with Gasteiger partial charge in [-0.15, -0.1) is 0 Å². The van der Waals surface area contributed by atoms with Crippen LogP contribution in [0.2, 0.25) is 0 Å². The van der Waals surface area contributed by atoms with Gasteiger partial charge in [0.15, 0.2) is 11.5 Å². The van der Waals surface area contributed by atoms with Gasteiger partial charge in [-0.05, 0) is 60.7 Å². The van der Waals surface area contributed by atoms with Gasteiger partial charge in [0, 0.05) is 27.7 Å². The largest absolute Gasteiger partial charge is 0.427 e. The van der Waals surface area contributed by atoms with Crippen LogP contribution in [0, 0.1) is 6.92 Å². The molecule has 0 fully saturated rings. The first-order valence-electron chi connectivity index (χ1n) is 9.54. The molecule has 8 nitrogen and oxygen atoms in total. The summed E-state index contributed by atoms with van der Waals surface area (Å²) >= 11 is 0. The Labute approximate surface area is 180 Å². The Kier molecular flexibility index (Phi) is 7.90. The maximum atomic E-state index is 11.5.